The fraction of sp³-hybridized carbons (Fsp3) is 0.476. The van der Waals surface area contributed by atoms with Gasteiger partial charge in [0.1, 0.15) is 17.6 Å². The summed E-state index contributed by atoms with van der Waals surface area (Å²) in [5.41, 5.74) is 0.884. The molecule has 0 saturated heterocycles. The highest BCUT2D eigenvalue weighted by molar-refractivity contribution is 6.24. The number of carbonyl (C=O) groups excluding carboxylic acids is 3. The minimum absolute atomic E-state index is 0.160. The number of methoxy groups -OCH3 is 2. The molecule has 0 spiro atoms. The van der Waals surface area contributed by atoms with Gasteiger partial charge in [-0.05, 0) is 31.1 Å². The number of ketones is 2. The second-order valence-corrected chi connectivity index (χ2v) is 6.34. The number of fused-ring (bicyclic) bond motifs is 1. The third kappa shape index (κ3) is 4.38. The average molecular weight is 374 g/mol. The number of carbonyl (C=O) groups is 3. The monoisotopic (exact) mass is 374 g/mol. The van der Waals surface area contributed by atoms with E-state index in [1.807, 2.05) is 0 Å². The van der Waals surface area contributed by atoms with E-state index >= 15 is 0 Å². The molecule has 1 aromatic carbocycles. The van der Waals surface area contributed by atoms with Crippen LogP contribution in [0.1, 0.15) is 78.3 Å². The second kappa shape index (κ2) is 9.35. The van der Waals surface area contributed by atoms with Crippen molar-refractivity contribution in [2.75, 3.05) is 14.2 Å². The second-order valence-electron chi connectivity index (χ2n) is 6.34. The lowest BCUT2D eigenvalue weighted by Gasteiger charge is -2.25. The number of hydrogen-bond acceptors (Lipinski definition) is 6. The van der Waals surface area contributed by atoms with Gasteiger partial charge in [-0.2, -0.15) is 0 Å². The van der Waals surface area contributed by atoms with Gasteiger partial charge in [-0.25, -0.2) is 0 Å². The Hall–Kier alpha value is -2.63. The largest absolute Gasteiger partial charge is 0.496 e. The number of benzene rings is 1. The summed E-state index contributed by atoms with van der Waals surface area (Å²) in [6, 6.07) is 1.64. The van der Waals surface area contributed by atoms with Gasteiger partial charge in [0.05, 0.1) is 25.3 Å². The molecule has 0 amide bonds. The van der Waals surface area contributed by atoms with Crippen LogP contribution in [0.5, 0.6) is 11.5 Å². The summed E-state index contributed by atoms with van der Waals surface area (Å²) >= 11 is 0. The summed E-state index contributed by atoms with van der Waals surface area (Å²) in [5, 5.41) is 0. The van der Waals surface area contributed by atoms with E-state index in [0.717, 1.165) is 19.3 Å². The Bertz CT molecular complexity index is 762. The molecule has 0 saturated carbocycles. The highest BCUT2D eigenvalue weighted by atomic mass is 16.5. The van der Waals surface area contributed by atoms with Crippen molar-refractivity contribution in [3.63, 3.8) is 0 Å². The van der Waals surface area contributed by atoms with Crippen LogP contribution in [0.2, 0.25) is 0 Å². The number of rotatable bonds is 9. The molecule has 0 radical (unpaired) electrons. The molecule has 6 nitrogen and oxygen atoms in total. The van der Waals surface area contributed by atoms with E-state index < -0.39 is 6.10 Å². The van der Waals surface area contributed by atoms with Gasteiger partial charge in [0.15, 0.2) is 11.6 Å². The van der Waals surface area contributed by atoms with Crippen molar-refractivity contribution in [2.45, 2.75) is 52.1 Å². The molecule has 6 heteroatoms. The van der Waals surface area contributed by atoms with Gasteiger partial charge in [-0.1, -0.05) is 26.7 Å². The smallest absolute Gasteiger partial charge is 0.306 e. The topological polar surface area (TPSA) is 78.9 Å². The highest BCUT2D eigenvalue weighted by Gasteiger charge is 2.32. The van der Waals surface area contributed by atoms with Crippen molar-refractivity contribution in [2.24, 2.45) is 0 Å². The maximum Gasteiger partial charge on any atom is 0.306 e. The van der Waals surface area contributed by atoms with Gasteiger partial charge in [0.25, 0.3) is 0 Å². The highest BCUT2D eigenvalue weighted by Crippen LogP contribution is 2.42. The van der Waals surface area contributed by atoms with Gasteiger partial charge in [-0.15, -0.1) is 0 Å². The summed E-state index contributed by atoms with van der Waals surface area (Å²) in [4.78, 5) is 36.8. The molecule has 2 rings (SSSR count). The third-order valence-electron chi connectivity index (χ3n) is 4.55. The summed E-state index contributed by atoms with van der Waals surface area (Å²) in [6.45, 7) is 3.81. The molecular weight excluding hydrogens is 348 g/mol. The number of esters is 1. The van der Waals surface area contributed by atoms with E-state index in [0.29, 0.717) is 12.0 Å². The minimum atomic E-state index is -0.577. The predicted octanol–water partition coefficient (Wildman–Crippen LogP) is 4.21. The van der Waals surface area contributed by atoms with E-state index in [1.54, 1.807) is 13.0 Å². The lowest BCUT2D eigenvalue weighted by molar-refractivity contribution is -0.149. The first-order valence-corrected chi connectivity index (χ1v) is 9.23. The van der Waals surface area contributed by atoms with Gasteiger partial charge >= 0.3 is 5.97 Å². The Balaban J connectivity index is 2.61. The molecule has 1 unspecified atom stereocenters. The van der Waals surface area contributed by atoms with Crippen LogP contribution in [0.3, 0.4) is 0 Å². The van der Waals surface area contributed by atoms with E-state index in [4.69, 9.17) is 14.2 Å². The van der Waals surface area contributed by atoms with Crippen LogP contribution in [-0.4, -0.2) is 31.8 Å². The van der Waals surface area contributed by atoms with Crippen molar-refractivity contribution in [3.8, 4) is 11.5 Å². The van der Waals surface area contributed by atoms with E-state index in [-0.39, 0.29) is 46.6 Å². The first-order chi connectivity index (χ1) is 13.0. The zero-order chi connectivity index (χ0) is 20.0. The van der Waals surface area contributed by atoms with Crippen LogP contribution < -0.4 is 9.47 Å². The zero-order valence-electron chi connectivity index (χ0n) is 16.3. The number of allylic oxidation sites excluding steroid dienone is 2. The lowest BCUT2D eigenvalue weighted by atomic mass is 9.88. The van der Waals surface area contributed by atoms with Gasteiger partial charge in [-0.3, -0.25) is 14.4 Å². The zero-order valence-corrected chi connectivity index (χ0v) is 16.3. The van der Waals surface area contributed by atoms with Crippen LogP contribution in [0.4, 0.5) is 0 Å². The summed E-state index contributed by atoms with van der Waals surface area (Å²) < 4.78 is 16.5. The van der Waals surface area contributed by atoms with E-state index in [2.05, 4.69) is 6.92 Å². The van der Waals surface area contributed by atoms with Crippen LogP contribution in [-0.2, 0) is 9.53 Å². The van der Waals surface area contributed by atoms with Gasteiger partial charge in [0, 0.05) is 12.0 Å². The average Bonchev–Trinajstić information content (AvgIpc) is 2.68. The molecule has 0 N–H and O–H groups in total. The molecule has 1 aromatic rings. The molecule has 1 atom stereocenters. The molecule has 0 aromatic heterocycles. The maximum atomic E-state index is 12.5. The van der Waals surface area contributed by atoms with Crippen molar-refractivity contribution in [1.29, 1.82) is 0 Å². The Kier molecular flexibility index (Phi) is 7.16. The molecule has 0 aliphatic heterocycles. The van der Waals surface area contributed by atoms with Crippen molar-refractivity contribution in [3.05, 3.63) is 34.9 Å². The summed E-state index contributed by atoms with van der Waals surface area (Å²) in [7, 11) is 2.87. The molecule has 1 aliphatic rings. The molecule has 27 heavy (non-hydrogen) atoms. The van der Waals surface area contributed by atoms with Crippen LogP contribution in [0.15, 0.2) is 18.2 Å². The van der Waals surface area contributed by atoms with Crippen molar-refractivity contribution in [1.82, 2.24) is 0 Å². The lowest BCUT2D eigenvalue weighted by Crippen LogP contribution is -2.19. The SMILES string of the molecule is CCCCCC(OC(=O)CC)c1cc(OC)c2c(c1OC)C(=O)C=CC2=O. The quantitative estimate of drug-likeness (QED) is 0.476. The van der Waals surface area contributed by atoms with Gasteiger partial charge < -0.3 is 14.2 Å². The fourth-order valence-electron chi connectivity index (χ4n) is 3.18. The first-order valence-electron chi connectivity index (χ1n) is 9.23. The first kappa shape index (κ1) is 20.7. The Morgan fingerprint density at radius 3 is 2.22 bits per heavy atom. The Labute approximate surface area is 159 Å². The normalized spacial score (nSPS) is 13.9. The summed E-state index contributed by atoms with van der Waals surface area (Å²) in [5.74, 6) is -0.455. The molecule has 0 heterocycles. The van der Waals surface area contributed by atoms with Gasteiger partial charge in [0.2, 0.25) is 0 Å². The third-order valence-corrected chi connectivity index (χ3v) is 4.55. The Morgan fingerprint density at radius 2 is 1.67 bits per heavy atom. The van der Waals surface area contributed by atoms with E-state index in [1.165, 1.54) is 26.4 Å². The number of hydrogen-bond donors (Lipinski definition) is 0. The molecule has 0 fully saturated rings. The predicted molar refractivity (Wildman–Crippen MR) is 101 cm³/mol. The molecule has 0 bridgehead atoms. The minimum Gasteiger partial charge on any atom is -0.496 e. The molecule has 1 aliphatic carbocycles. The fourth-order valence-corrected chi connectivity index (χ4v) is 3.18. The maximum absolute atomic E-state index is 12.5. The van der Waals surface area contributed by atoms with Crippen LogP contribution in [0.25, 0.3) is 0 Å². The number of unbranched alkanes of at least 4 members (excludes halogenated alkanes) is 2. The standard InChI is InChI=1S/C21H26O6/c1-5-7-8-9-16(27-18(24)6-2)13-12-17(25-3)19-14(22)10-11-15(23)20(19)21(13)26-4/h10-12,16H,5-9H2,1-4H3. The molecular formula is C21H26O6. The number of ether oxygens (including phenoxy) is 3. The summed E-state index contributed by atoms with van der Waals surface area (Å²) in [6.07, 6.45) is 5.58. The van der Waals surface area contributed by atoms with E-state index in [9.17, 15) is 14.4 Å². The van der Waals surface area contributed by atoms with Crippen molar-refractivity contribution >= 4 is 17.5 Å². The molecule has 146 valence electrons. The van der Waals surface area contributed by atoms with Crippen molar-refractivity contribution < 1.29 is 28.6 Å². The Morgan fingerprint density at radius 1 is 1.00 bits per heavy atom. The van der Waals surface area contributed by atoms with Crippen LogP contribution in [0, 0.1) is 0 Å². The van der Waals surface area contributed by atoms with Crippen LogP contribution >= 0.6 is 0 Å².